The number of imide groups is 1. The van der Waals surface area contributed by atoms with Gasteiger partial charge in [-0.15, -0.1) is 9.35 Å². The number of hydrogen-bond acceptors (Lipinski definition) is 5. The van der Waals surface area contributed by atoms with E-state index in [1.807, 2.05) is 19.1 Å². The Bertz CT molecular complexity index is 597. The number of nitrogens with zero attached hydrogens (tertiary/aromatic N) is 1. The van der Waals surface area contributed by atoms with Gasteiger partial charge in [0.15, 0.2) is 0 Å². The third-order valence-electron chi connectivity index (χ3n) is 2.66. The molecule has 0 saturated heterocycles. The molecular formula is C13H13NO5S. The Kier molecular flexibility index (Phi) is 4.01. The summed E-state index contributed by atoms with van der Waals surface area (Å²) in [4.78, 5) is 22.5. The molecule has 2 amide bonds. The highest BCUT2D eigenvalue weighted by atomic mass is 32.2. The van der Waals surface area contributed by atoms with Crippen molar-refractivity contribution in [1.82, 2.24) is 5.06 Å². The number of amides is 2. The third-order valence-corrected chi connectivity index (χ3v) is 3.23. The monoisotopic (exact) mass is 295 g/mol. The Labute approximate surface area is 118 Å². The molecule has 20 heavy (non-hydrogen) atoms. The van der Waals surface area contributed by atoms with E-state index in [9.17, 15) is 13.8 Å². The molecule has 7 heteroatoms. The van der Waals surface area contributed by atoms with Crippen molar-refractivity contribution in [3.63, 3.8) is 0 Å². The Morgan fingerprint density at radius 3 is 2.00 bits per heavy atom. The van der Waals surface area contributed by atoms with Crippen molar-refractivity contribution in [2.45, 2.75) is 20.8 Å². The summed E-state index contributed by atoms with van der Waals surface area (Å²) in [6, 6.07) is 3.74. The lowest BCUT2D eigenvalue weighted by molar-refractivity contribution is -0.161. The fraction of sp³-hybridized carbons (Fsp3) is 0.231. The predicted octanol–water partition coefficient (Wildman–Crippen LogP) is 1.43. The number of rotatable bonds is 4. The van der Waals surface area contributed by atoms with Gasteiger partial charge in [-0.25, -0.2) is 0 Å². The molecule has 2 rings (SSSR count). The van der Waals surface area contributed by atoms with Gasteiger partial charge in [-0.05, 0) is 31.9 Å². The Hall–Kier alpha value is -1.99. The zero-order chi connectivity index (χ0) is 14.9. The van der Waals surface area contributed by atoms with Gasteiger partial charge in [-0.2, -0.15) is 4.21 Å². The standard InChI is InChI=1S/C13H13NO5S/c1-8-6-9(2)13(10(3)7-8)18-20(17)19-14-11(15)4-5-12(14)16/h4-7H,1-3H3. The van der Waals surface area contributed by atoms with Gasteiger partial charge < -0.3 is 4.18 Å². The van der Waals surface area contributed by atoms with Crippen LogP contribution in [-0.4, -0.2) is 21.1 Å². The molecular weight excluding hydrogens is 282 g/mol. The average Bonchev–Trinajstić information content (AvgIpc) is 2.65. The summed E-state index contributed by atoms with van der Waals surface area (Å²) in [5.41, 5.74) is 2.63. The molecule has 1 aliphatic heterocycles. The summed E-state index contributed by atoms with van der Waals surface area (Å²) >= 11 is -2.29. The molecule has 1 aromatic rings. The first-order chi connectivity index (χ1) is 9.38. The second-order valence-electron chi connectivity index (χ2n) is 4.39. The van der Waals surface area contributed by atoms with E-state index in [0.29, 0.717) is 10.8 Å². The van der Waals surface area contributed by atoms with Gasteiger partial charge in [-0.3, -0.25) is 9.59 Å². The Morgan fingerprint density at radius 2 is 1.50 bits per heavy atom. The van der Waals surface area contributed by atoms with Gasteiger partial charge >= 0.3 is 11.4 Å². The van der Waals surface area contributed by atoms with E-state index in [1.165, 1.54) is 0 Å². The first kappa shape index (κ1) is 14.4. The van der Waals surface area contributed by atoms with Crippen LogP contribution < -0.4 is 4.18 Å². The first-order valence-corrected chi connectivity index (χ1v) is 6.81. The van der Waals surface area contributed by atoms with Crippen LogP contribution in [0, 0.1) is 20.8 Å². The number of aryl methyl sites for hydroxylation is 3. The van der Waals surface area contributed by atoms with Crippen LogP contribution in [0.4, 0.5) is 0 Å². The zero-order valence-electron chi connectivity index (χ0n) is 11.2. The zero-order valence-corrected chi connectivity index (χ0v) is 12.0. The summed E-state index contributed by atoms with van der Waals surface area (Å²) in [6.45, 7) is 5.55. The second kappa shape index (κ2) is 5.56. The summed E-state index contributed by atoms with van der Waals surface area (Å²) < 4.78 is 21.6. The van der Waals surface area contributed by atoms with E-state index in [1.54, 1.807) is 13.8 Å². The number of benzene rings is 1. The molecule has 0 aliphatic carbocycles. The maximum absolute atomic E-state index is 11.7. The van der Waals surface area contributed by atoms with Gasteiger partial charge in [0.1, 0.15) is 5.75 Å². The van der Waals surface area contributed by atoms with Gasteiger partial charge in [0.25, 0.3) is 11.8 Å². The molecule has 0 spiro atoms. The lowest BCUT2D eigenvalue weighted by Gasteiger charge is -2.14. The maximum atomic E-state index is 11.7. The van der Waals surface area contributed by atoms with E-state index >= 15 is 0 Å². The summed E-state index contributed by atoms with van der Waals surface area (Å²) in [7, 11) is 0. The van der Waals surface area contributed by atoms with E-state index < -0.39 is 23.2 Å². The molecule has 1 heterocycles. The van der Waals surface area contributed by atoms with Crippen molar-refractivity contribution in [3.05, 3.63) is 41.0 Å². The van der Waals surface area contributed by atoms with Crippen LogP contribution in [0.5, 0.6) is 5.75 Å². The van der Waals surface area contributed by atoms with Crippen molar-refractivity contribution in [3.8, 4) is 5.75 Å². The normalized spacial score (nSPS) is 15.8. The Balaban J connectivity index is 2.09. The number of carbonyl (C=O) groups excluding carboxylic acids is 2. The van der Waals surface area contributed by atoms with Crippen molar-refractivity contribution in [2.75, 3.05) is 0 Å². The van der Waals surface area contributed by atoms with Gasteiger partial charge in [0.05, 0.1) is 0 Å². The number of hydrogen-bond donors (Lipinski definition) is 0. The van der Waals surface area contributed by atoms with Crippen LogP contribution in [0.25, 0.3) is 0 Å². The lowest BCUT2D eigenvalue weighted by Crippen LogP contribution is -2.32. The first-order valence-electron chi connectivity index (χ1n) is 5.81. The highest BCUT2D eigenvalue weighted by Gasteiger charge is 2.28. The molecule has 0 radical (unpaired) electrons. The molecule has 1 aromatic carbocycles. The highest BCUT2D eigenvalue weighted by Crippen LogP contribution is 2.25. The van der Waals surface area contributed by atoms with E-state index in [-0.39, 0.29) is 0 Å². The van der Waals surface area contributed by atoms with Crippen molar-refractivity contribution in [1.29, 1.82) is 0 Å². The minimum atomic E-state index is -2.29. The molecule has 1 aliphatic rings. The van der Waals surface area contributed by atoms with Crippen LogP contribution in [0.2, 0.25) is 0 Å². The minimum absolute atomic E-state index is 0.398. The molecule has 1 unspecified atom stereocenters. The Morgan fingerprint density at radius 1 is 1.00 bits per heavy atom. The van der Waals surface area contributed by atoms with Crippen LogP contribution in [0.15, 0.2) is 24.3 Å². The minimum Gasteiger partial charge on any atom is -0.378 e. The van der Waals surface area contributed by atoms with Gasteiger partial charge in [0.2, 0.25) is 0 Å². The fourth-order valence-electron chi connectivity index (χ4n) is 1.90. The van der Waals surface area contributed by atoms with Crippen LogP contribution in [-0.2, 0) is 25.2 Å². The topological polar surface area (TPSA) is 72.9 Å². The lowest BCUT2D eigenvalue weighted by atomic mass is 10.1. The average molecular weight is 295 g/mol. The van der Waals surface area contributed by atoms with Crippen LogP contribution in [0.3, 0.4) is 0 Å². The summed E-state index contributed by atoms with van der Waals surface area (Å²) in [6.07, 6.45) is 2.06. The molecule has 0 aromatic heterocycles. The second-order valence-corrected chi connectivity index (χ2v) is 5.12. The molecule has 1 atom stereocenters. The summed E-state index contributed by atoms with van der Waals surface area (Å²) in [5.74, 6) is -0.977. The van der Waals surface area contributed by atoms with Crippen LogP contribution in [0.1, 0.15) is 16.7 Å². The SMILES string of the molecule is Cc1cc(C)c(OS(=O)ON2C(=O)C=CC2=O)c(C)c1. The summed E-state index contributed by atoms with van der Waals surface area (Å²) in [5, 5.41) is 0.398. The number of carbonyl (C=O) groups is 2. The van der Waals surface area contributed by atoms with Gasteiger partial charge in [-0.1, -0.05) is 17.7 Å². The van der Waals surface area contributed by atoms with E-state index in [0.717, 1.165) is 28.8 Å². The third kappa shape index (κ3) is 2.94. The predicted molar refractivity (Wildman–Crippen MR) is 71.5 cm³/mol. The molecule has 6 nitrogen and oxygen atoms in total. The molecule has 0 fully saturated rings. The van der Waals surface area contributed by atoms with Crippen LogP contribution >= 0.6 is 0 Å². The maximum Gasteiger partial charge on any atom is 0.383 e. The van der Waals surface area contributed by atoms with Crippen molar-refractivity contribution < 1.29 is 22.3 Å². The van der Waals surface area contributed by atoms with Crippen molar-refractivity contribution in [2.24, 2.45) is 0 Å². The highest BCUT2D eigenvalue weighted by molar-refractivity contribution is 7.75. The van der Waals surface area contributed by atoms with E-state index in [4.69, 9.17) is 8.47 Å². The molecule has 106 valence electrons. The molecule has 0 bridgehead atoms. The van der Waals surface area contributed by atoms with Crippen molar-refractivity contribution >= 4 is 23.2 Å². The molecule has 0 saturated carbocycles. The van der Waals surface area contributed by atoms with E-state index in [2.05, 4.69) is 0 Å². The largest absolute Gasteiger partial charge is 0.383 e. The van der Waals surface area contributed by atoms with Gasteiger partial charge in [0, 0.05) is 12.2 Å². The smallest absolute Gasteiger partial charge is 0.378 e. The fourth-order valence-corrected chi connectivity index (χ4v) is 2.60. The number of hydroxylamine groups is 2. The molecule has 0 N–H and O–H groups in total. The quantitative estimate of drug-likeness (QED) is 0.786.